The number of esters is 1. The van der Waals surface area contributed by atoms with Gasteiger partial charge in [0, 0.05) is 12.8 Å². The number of aliphatic hydroxyl groups excluding tert-OH is 2. The Kier molecular flexibility index (Phi) is 58.0. The van der Waals surface area contributed by atoms with Crippen LogP contribution in [0.15, 0.2) is 12.2 Å². The van der Waals surface area contributed by atoms with Crippen LogP contribution < -0.4 is 5.32 Å². The molecule has 3 N–H and O–H groups in total. The second kappa shape index (κ2) is 59.2. The Morgan fingerprint density at radius 3 is 1.04 bits per heavy atom. The van der Waals surface area contributed by atoms with Crippen LogP contribution in [-0.4, -0.2) is 47.4 Å². The Morgan fingerprint density at radius 2 is 0.681 bits per heavy atom. The number of aliphatic hydroxyl groups is 2. The Hall–Kier alpha value is -1.40. The molecule has 0 saturated heterocycles. The first-order valence-corrected chi connectivity index (χ1v) is 31.4. The molecule has 0 aliphatic rings. The highest BCUT2D eigenvalue weighted by molar-refractivity contribution is 5.76. The lowest BCUT2D eigenvalue weighted by atomic mass is 10.0. The number of carbonyl (C=O) groups excluding carboxylic acids is 2. The number of hydrogen-bond acceptors (Lipinski definition) is 5. The van der Waals surface area contributed by atoms with E-state index in [0.717, 1.165) is 70.6 Å². The summed E-state index contributed by atoms with van der Waals surface area (Å²) in [5, 5.41) is 23.4. The van der Waals surface area contributed by atoms with E-state index >= 15 is 0 Å². The molecule has 0 heterocycles. The summed E-state index contributed by atoms with van der Waals surface area (Å²) in [5.74, 6) is -0.0693. The minimum atomic E-state index is -0.682. The fourth-order valence-electron chi connectivity index (χ4n) is 9.99. The molecule has 0 radical (unpaired) electrons. The Bertz CT molecular complexity index is 1030. The normalized spacial score (nSPS) is 12.6. The van der Waals surface area contributed by atoms with Crippen molar-refractivity contribution in [2.45, 2.75) is 366 Å². The van der Waals surface area contributed by atoms with Gasteiger partial charge in [-0.1, -0.05) is 302 Å². The maximum atomic E-state index is 12.5. The van der Waals surface area contributed by atoms with Crippen molar-refractivity contribution in [2.24, 2.45) is 0 Å². The smallest absolute Gasteiger partial charge is 0.305 e. The summed E-state index contributed by atoms with van der Waals surface area (Å²) in [6, 6.07) is -0.562. The third-order valence-corrected chi connectivity index (χ3v) is 14.8. The predicted octanol–water partition coefficient (Wildman–Crippen LogP) is 19.6. The number of ether oxygens (including phenoxy) is 1. The zero-order valence-electron chi connectivity index (χ0n) is 46.8. The van der Waals surface area contributed by atoms with Gasteiger partial charge in [-0.25, -0.2) is 0 Å². The largest absolute Gasteiger partial charge is 0.466 e. The summed E-state index contributed by atoms with van der Waals surface area (Å²) in [4.78, 5) is 24.6. The van der Waals surface area contributed by atoms with Gasteiger partial charge < -0.3 is 20.3 Å². The third-order valence-electron chi connectivity index (χ3n) is 14.8. The number of nitrogens with one attached hydrogen (secondary N) is 1. The highest BCUT2D eigenvalue weighted by Gasteiger charge is 2.20. The molecule has 0 aromatic heterocycles. The quantitative estimate of drug-likeness (QED) is 0.0321. The second-order valence-electron chi connectivity index (χ2n) is 21.7. The number of hydrogen-bond donors (Lipinski definition) is 3. The molecule has 0 aliphatic carbocycles. The van der Waals surface area contributed by atoms with E-state index < -0.39 is 12.1 Å². The van der Waals surface area contributed by atoms with Crippen LogP contribution in [0.25, 0.3) is 0 Å². The van der Waals surface area contributed by atoms with E-state index in [4.69, 9.17) is 4.74 Å². The van der Waals surface area contributed by atoms with E-state index in [1.165, 1.54) is 250 Å². The summed E-state index contributed by atoms with van der Waals surface area (Å²) < 4.78 is 5.47. The van der Waals surface area contributed by atoms with Crippen LogP contribution in [0.5, 0.6) is 0 Å². The molecule has 2 unspecified atom stereocenters. The third kappa shape index (κ3) is 55.8. The summed E-state index contributed by atoms with van der Waals surface area (Å²) in [6.07, 6.45) is 70.8. The fourth-order valence-corrected chi connectivity index (χ4v) is 9.99. The molecule has 0 bridgehead atoms. The Balaban J connectivity index is 3.46. The van der Waals surface area contributed by atoms with Crippen LogP contribution in [0.3, 0.4) is 0 Å². The van der Waals surface area contributed by atoms with Gasteiger partial charge in [0.1, 0.15) is 0 Å². The van der Waals surface area contributed by atoms with Crippen molar-refractivity contribution in [3.8, 4) is 0 Å². The van der Waals surface area contributed by atoms with Gasteiger partial charge in [-0.15, -0.1) is 0 Å². The van der Waals surface area contributed by atoms with Crippen molar-refractivity contribution in [1.82, 2.24) is 5.32 Å². The van der Waals surface area contributed by atoms with Gasteiger partial charge >= 0.3 is 5.97 Å². The van der Waals surface area contributed by atoms with Gasteiger partial charge in [0.25, 0.3) is 0 Å². The topological polar surface area (TPSA) is 95.9 Å². The zero-order valence-corrected chi connectivity index (χ0v) is 46.8. The number of amides is 1. The fraction of sp³-hybridized carbons (Fsp3) is 0.937. The van der Waals surface area contributed by atoms with Crippen molar-refractivity contribution in [3.05, 3.63) is 12.2 Å². The first-order chi connectivity index (χ1) is 34.0. The average molecular weight is 975 g/mol. The molecule has 6 heteroatoms. The molecule has 0 aliphatic heterocycles. The van der Waals surface area contributed by atoms with Crippen LogP contribution >= 0.6 is 0 Å². The monoisotopic (exact) mass is 974 g/mol. The minimum Gasteiger partial charge on any atom is -0.466 e. The van der Waals surface area contributed by atoms with Gasteiger partial charge in [0.2, 0.25) is 5.91 Å². The lowest BCUT2D eigenvalue weighted by Crippen LogP contribution is -2.45. The number of rotatable bonds is 59. The van der Waals surface area contributed by atoms with Crippen molar-refractivity contribution in [2.75, 3.05) is 13.2 Å². The van der Waals surface area contributed by atoms with Crippen molar-refractivity contribution >= 4 is 11.9 Å². The summed E-state index contributed by atoms with van der Waals surface area (Å²) in [5.41, 5.74) is 0. The molecule has 0 aromatic rings. The van der Waals surface area contributed by atoms with E-state index in [-0.39, 0.29) is 18.5 Å². The van der Waals surface area contributed by atoms with E-state index in [1.807, 2.05) is 0 Å². The molecule has 0 rings (SSSR count). The summed E-state index contributed by atoms with van der Waals surface area (Å²) in [7, 11) is 0. The molecule has 6 nitrogen and oxygen atoms in total. The molecular formula is C63H123NO5. The number of allylic oxidation sites excluding steroid dienone is 2. The van der Waals surface area contributed by atoms with Crippen LogP contribution in [0.4, 0.5) is 0 Å². The maximum Gasteiger partial charge on any atom is 0.305 e. The van der Waals surface area contributed by atoms with Gasteiger partial charge in [0.05, 0.1) is 25.4 Å². The maximum absolute atomic E-state index is 12.5. The van der Waals surface area contributed by atoms with Crippen LogP contribution in [0, 0.1) is 0 Å². The Morgan fingerprint density at radius 1 is 0.391 bits per heavy atom. The summed E-state index contributed by atoms with van der Waals surface area (Å²) in [6.45, 7) is 4.94. The first kappa shape index (κ1) is 67.6. The van der Waals surface area contributed by atoms with Crippen molar-refractivity contribution in [1.29, 1.82) is 0 Å². The minimum absolute atomic E-state index is 0.00899. The van der Waals surface area contributed by atoms with Gasteiger partial charge in [0.15, 0.2) is 0 Å². The van der Waals surface area contributed by atoms with Crippen LogP contribution in [0.2, 0.25) is 0 Å². The molecular weight excluding hydrogens is 851 g/mol. The molecule has 0 saturated carbocycles. The highest BCUT2D eigenvalue weighted by atomic mass is 16.5. The van der Waals surface area contributed by atoms with Crippen LogP contribution in [0.1, 0.15) is 354 Å². The Labute approximate surface area is 431 Å². The van der Waals surface area contributed by atoms with Gasteiger partial charge in [-0.3, -0.25) is 9.59 Å². The highest BCUT2D eigenvalue weighted by Crippen LogP contribution is 2.18. The lowest BCUT2D eigenvalue weighted by molar-refractivity contribution is -0.143. The van der Waals surface area contributed by atoms with E-state index in [2.05, 4.69) is 31.3 Å². The SMILES string of the molecule is CCCCCCCCCCCCCCCCCCCCCCCCCCCC(O)C(CO)NC(=O)CCCCC/C=C\CCCCCCCCOC(=O)CCCCCCCCCCCCCCCC. The number of unbranched alkanes of at least 4 members (excludes halogenated alkanes) is 46. The molecule has 0 spiro atoms. The van der Waals surface area contributed by atoms with E-state index in [0.29, 0.717) is 25.9 Å². The van der Waals surface area contributed by atoms with Crippen molar-refractivity contribution < 1.29 is 24.5 Å². The van der Waals surface area contributed by atoms with Crippen molar-refractivity contribution in [3.63, 3.8) is 0 Å². The lowest BCUT2D eigenvalue weighted by Gasteiger charge is -2.22. The summed E-state index contributed by atoms with van der Waals surface area (Å²) >= 11 is 0. The van der Waals surface area contributed by atoms with Crippen LogP contribution in [-0.2, 0) is 14.3 Å². The molecule has 0 aromatic carbocycles. The first-order valence-electron chi connectivity index (χ1n) is 31.4. The number of carbonyl (C=O) groups is 2. The molecule has 69 heavy (non-hydrogen) atoms. The molecule has 1 amide bonds. The predicted molar refractivity (Wildman–Crippen MR) is 301 cm³/mol. The van der Waals surface area contributed by atoms with Gasteiger partial charge in [-0.2, -0.15) is 0 Å². The van der Waals surface area contributed by atoms with E-state index in [1.54, 1.807) is 0 Å². The average Bonchev–Trinajstić information content (AvgIpc) is 3.35. The molecule has 0 fully saturated rings. The molecule has 410 valence electrons. The zero-order chi connectivity index (χ0) is 50.0. The second-order valence-corrected chi connectivity index (χ2v) is 21.7. The standard InChI is InChI=1S/C63H123NO5/c1-3-5-7-9-11-13-15-17-19-20-21-22-23-24-25-26-27-28-29-31-35-39-43-47-51-55-61(66)60(59-65)64-62(67)56-52-48-44-40-36-32-30-34-38-42-46-50-54-58-69-63(68)57-53-49-45-41-37-33-18-16-14-12-10-8-6-4-2/h32,36,60-61,65-66H,3-31,33-35,37-59H2,1-2H3,(H,64,67)/b36-32-. The van der Waals surface area contributed by atoms with E-state index in [9.17, 15) is 19.8 Å². The molecule has 2 atom stereocenters. The van der Waals surface area contributed by atoms with Gasteiger partial charge in [-0.05, 0) is 51.4 Å².